The third-order valence-electron chi connectivity index (χ3n) is 5.70. The number of nitrogens with one attached hydrogen (secondary N) is 1. The first kappa shape index (κ1) is 23.9. The van der Waals surface area contributed by atoms with E-state index in [0.717, 1.165) is 36.8 Å². The minimum absolute atomic E-state index is 0.124. The number of nitrogens with zero attached hydrogens (tertiary/aromatic N) is 1. The molecule has 0 bridgehead atoms. The lowest BCUT2D eigenvalue weighted by molar-refractivity contribution is -0.140. The first-order valence-electron chi connectivity index (χ1n) is 10.6. The van der Waals surface area contributed by atoms with Crippen LogP contribution in [-0.2, 0) is 22.6 Å². The molecule has 3 rings (SSSR count). The smallest absolute Gasteiger partial charge is 0.242 e. The van der Waals surface area contributed by atoms with Gasteiger partial charge in [-0.3, -0.25) is 9.59 Å². The maximum absolute atomic E-state index is 13.3. The Labute approximate surface area is 198 Å². The molecular weight excluding hydrogens is 455 g/mol. The van der Waals surface area contributed by atoms with Crippen molar-refractivity contribution in [1.82, 2.24) is 10.2 Å². The van der Waals surface area contributed by atoms with Crippen LogP contribution in [0.2, 0.25) is 15.1 Å². The number of carbonyl (C=O) groups is 2. The van der Waals surface area contributed by atoms with Crippen molar-refractivity contribution < 1.29 is 9.59 Å². The summed E-state index contributed by atoms with van der Waals surface area (Å²) in [7, 11) is 0. The van der Waals surface area contributed by atoms with Crippen LogP contribution < -0.4 is 5.32 Å². The zero-order chi connectivity index (χ0) is 22.4. The van der Waals surface area contributed by atoms with E-state index in [9.17, 15) is 9.59 Å². The van der Waals surface area contributed by atoms with Crippen molar-refractivity contribution in [1.29, 1.82) is 0 Å². The van der Waals surface area contributed by atoms with Crippen LogP contribution in [0.4, 0.5) is 0 Å². The molecule has 1 saturated carbocycles. The largest absolute Gasteiger partial charge is 0.352 e. The maximum atomic E-state index is 13.3. The van der Waals surface area contributed by atoms with Gasteiger partial charge in [0, 0.05) is 17.6 Å². The van der Waals surface area contributed by atoms with Crippen LogP contribution in [0.5, 0.6) is 0 Å². The predicted octanol–water partition coefficient (Wildman–Crippen LogP) is 6.06. The van der Waals surface area contributed by atoms with Gasteiger partial charge >= 0.3 is 0 Å². The summed E-state index contributed by atoms with van der Waals surface area (Å²) in [6.07, 6.45) is 5.57. The van der Waals surface area contributed by atoms with Gasteiger partial charge in [-0.15, -0.1) is 0 Å². The number of rotatable bonds is 7. The van der Waals surface area contributed by atoms with Gasteiger partial charge in [-0.05, 0) is 55.2 Å². The molecule has 1 N–H and O–H groups in total. The molecule has 2 aromatic rings. The van der Waals surface area contributed by atoms with Gasteiger partial charge in [0.2, 0.25) is 11.8 Å². The second kappa shape index (κ2) is 11.2. The van der Waals surface area contributed by atoms with Gasteiger partial charge in [0.05, 0.1) is 16.5 Å². The standard InChI is InChI=1S/C24H27Cl3N2O2/c1-16(24(31)28-20-8-3-2-4-9-20)29(15-18-6-5-7-19(25)12-18)23(30)14-17-10-11-21(26)22(27)13-17/h5-7,10-13,16,20H,2-4,8-9,14-15H2,1H3,(H,28,31). The predicted molar refractivity (Wildman–Crippen MR) is 127 cm³/mol. The summed E-state index contributed by atoms with van der Waals surface area (Å²) in [6.45, 7) is 2.06. The Morgan fingerprint density at radius 1 is 1.00 bits per heavy atom. The highest BCUT2D eigenvalue weighted by Crippen LogP contribution is 2.24. The van der Waals surface area contributed by atoms with E-state index in [4.69, 9.17) is 34.8 Å². The number of benzene rings is 2. The van der Waals surface area contributed by atoms with Gasteiger partial charge in [0.25, 0.3) is 0 Å². The third-order valence-corrected chi connectivity index (χ3v) is 6.67. The van der Waals surface area contributed by atoms with Gasteiger partial charge in [0.1, 0.15) is 6.04 Å². The molecule has 1 atom stereocenters. The normalized spacial score (nSPS) is 15.4. The second-order valence-electron chi connectivity index (χ2n) is 8.10. The summed E-state index contributed by atoms with van der Waals surface area (Å²) in [5.41, 5.74) is 1.61. The summed E-state index contributed by atoms with van der Waals surface area (Å²) in [5.74, 6) is -0.291. The first-order valence-corrected chi connectivity index (χ1v) is 11.7. The molecule has 1 unspecified atom stereocenters. The van der Waals surface area contributed by atoms with E-state index < -0.39 is 6.04 Å². The number of hydrogen-bond acceptors (Lipinski definition) is 2. The summed E-state index contributed by atoms with van der Waals surface area (Å²) in [4.78, 5) is 27.9. The highest BCUT2D eigenvalue weighted by molar-refractivity contribution is 6.42. The fraction of sp³-hybridized carbons (Fsp3) is 0.417. The molecular formula is C24H27Cl3N2O2. The number of amides is 2. The van der Waals surface area contributed by atoms with Gasteiger partial charge in [-0.1, -0.05) is 72.3 Å². The number of hydrogen-bond donors (Lipinski definition) is 1. The van der Waals surface area contributed by atoms with Crippen molar-refractivity contribution in [2.45, 2.75) is 64.1 Å². The summed E-state index contributed by atoms with van der Waals surface area (Å²) in [5, 5.41) is 4.56. The van der Waals surface area contributed by atoms with Gasteiger partial charge in [-0.25, -0.2) is 0 Å². The van der Waals surface area contributed by atoms with Gasteiger partial charge < -0.3 is 10.2 Å². The monoisotopic (exact) mass is 480 g/mol. The number of carbonyl (C=O) groups excluding carboxylic acids is 2. The molecule has 2 aromatic carbocycles. The van der Waals surface area contributed by atoms with Gasteiger partial charge in [0.15, 0.2) is 0 Å². The molecule has 0 radical (unpaired) electrons. The van der Waals surface area contributed by atoms with Crippen LogP contribution in [0.3, 0.4) is 0 Å². The second-order valence-corrected chi connectivity index (χ2v) is 9.35. The third kappa shape index (κ3) is 6.86. The summed E-state index contributed by atoms with van der Waals surface area (Å²) >= 11 is 18.2. The molecule has 1 aliphatic carbocycles. The molecule has 0 aromatic heterocycles. The van der Waals surface area contributed by atoms with Crippen LogP contribution >= 0.6 is 34.8 Å². The molecule has 1 fully saturated rings. The minimum Gasteiger partial charge on any atom is -0.352 e. The van der Waals surface area contributed by atoms with Crippen LogP contribution in [0, 0.1) is 0 Å². The van der Waals surface area contributed by atoms with E-state index in [2.05, 4.69) is 5.32 Å². The Hall–Kier alpha value is -1.75. The Morgan fingerprint density at radius 2 is 1.74 bits per heavy atom. The fourth-order valence-electron chi connectivity index (χ4n) is 3.91. The van der Waals surface area contributed by atoms with Gasteiger partial charge in [-0.2, -0.15) is 0 Å². The summed E-state index contributed by atoms with van der Waals surface area (Å²) in [6, 6.07) is 12.0. The van der Waals surface area contributed by atoms with Crippen molar-refractivity contribution in [3.05, 3.63) is 68.7 Å². The Bertz CT molecular complexity index is 929. The molecule has 4 nitrogen and oxygen atoms in total. The lowest BCUT2D eigenvalue weighted by Gasteiger charge is -2.31. The van der Waals surface area contributed by atoms with E-state index in [0.29, 0.717) is 21.6 Å². The Balaban J connectivity index is 1.77. The van der Waals surface area contributed by atoms with Crippen molar-refractivity contribution in [2.75, 3.05) is 0 Å². The Kier molecular flexibility index (Phi) is 8.65. The SMILES string of the molecule is CC(C(=O)NC1CCCCC1)N(Cc1cccc(Cl)c1)C(=O)Cc1ccc(Cl)c(Cl)c1. The molecule has 2 amide bonds. The topological polar surface area (TPSA) is 49.4 Å². The average molecular weight is 482 g/mol. The van der Waals surface area contributed by atoms with E-state index in [1.807, 2.05) is 18.2 Å². The molecule has 7 heteroatoms. The lowest BCUT2D eigenvalue weighted by atomic mass is 9.95. The van der Waals surface area contributed by atoms with E-state index >= 15 is 0 Å². The van der Waals surface area contributed by atoms with Crippen LogP contribution in [0.25, 0.3) is 0 Å². The van der Waals surface area contributed by atoms with E-state index in [1.165, 1.54) is 6.42 Å². The summed E-state index contributed by atoms with van der Waals surface area (Å²) < 4.78 is 0. The van der Waals surface area contributed by atoms with E-state index in [-0.39, 0.29) is 24.3 Å². The maximum Gasteiger partial charge on any atom is 0.242 e. The molecule has 166 valence electrons. The zero-order valence-electron chi connectivity index (χ0n) is 17.5. The van der Waals surface area contributed by atoms with E-state index in [1.54, 1.807) is 36.1 Å². The van der Waals surface area contributed by atoms with Crippen molar-refractivity contribution in [2.24, 2.45) is 0 Å². The molecule has 0 saturated heterocycles. The lowest BCUT2D eigenvalue weighted by Crippen LogP contribution is -2.50. The van der Waals surface area contributed by atoms with Crippen molar-refractivity contribution in [3.8, 4) is 0 Å². The highest BCUT2D eigenvalue weighted by atomic mass is 35.5. The first-order chi connectivity index (χ1) is 14.8. The van der Waals surface area contributed by atoms with Crippen LogP contribution in [0.1, 0.15) is 50.2 Å². The fourth-order valence-corrected chi connectivity index (χ4v) is 4.44. The molecule has 31 heavy (non-hydrogen) atoms. The molecule has 0 spiro atoms. The quantitative estimate of drug-likeness (QED) is 0.523. The van der Waals surface area contributed by atoms with Crippen LogP contribution in [0.15, 0.2) is 42.5 Å². The molecule has 0 heterocycles. The van der Waals surface area contributed by atoms with Crippen molar-refractivity contribution >= 4 is 46.6 Å². The Morgan fingerprint density at radius 3 is 2.42 bits per heavy atom. The molecule has 1 aliphatic rings. The molecule has 0 aliphatic heterocycles. The van der Waals surface area contributed by atoms with Crippen LogP contribution in [-0.4, -0.2) is 28.8 Å². The minimum atomic E-state index is -0.615. The zero-order valence-corrected chi connectivity index (χ0v) is 19.8. The average Bonchev–Trinajstić information content (AvgIpc) is 2.75. The van der Waals surface area contributed by atoms with Crippen molar-refractivity contribution in [3.63, 3.8) is 0 Å². The number of halogens is 3. The highest BCUT2D eigenvalue weighted by Gasteiger charge is 2.28.